The third kappa shape index (κ3) is 3.25. The van der Waals surface area contributed by atoms with Crippen LogP contribution in [0.15, 0.2) is 30.6 Å². The third-order valence-corrected chi connectivity index (χ3v) is 3.61. The van der Waals surface area contributed by atoms with E-state index in [0.29, 0.717) is 10.0 Å². The summed E-state index contributed by atoms with van der Waals surface area (Å²) < 4.78 is 1.79. The minimum atomic E-state index is -0.0417. The van der Waals surface area contributed by atoms with E-state index in [4.69, 9.17) is 28.9 Å². The zero-order chi connectivity index (χ0) is 13.1. The van der Waals surface area contributed by atoms with E-state index in [1.54, 1.807) is 10.7 Å². The first-order chi connectivity index (χ1) is 8.56. The lowest BCUT2D eigenvalue weighted by molar-refractivity contribution is 0.651. The maximum Gasteiger partial charge on any atom is 0.0595 e. The Labute approximate surface area is 117 Å². The number of aromatic nitrogens is 2. The van der Waals surface area contributed by atoms with E-state index in [9.17, 15) is 0 Å². The van der Waals surface area contributed by atoms with Crippen molar-refractivity contribution in [1.29, 1.82) is 0 Å². The Balaban J connectivity index is 1.99. The van der Waals surface area contributed by atoms with Gasteiger partial charge >= 0.3 is 0 Å². The van der Waals surface area contributed by atoms with Gasteiger partial charge in [0.15, 0.2) is 0 Å². The highest BCUT2D eigenvalue weighted by Crippen LogP contribution is 2.26. The van der Waals surface area contributed by atoms with Crippen LogP contribution in [0.4, 0.5) is 0 Å². The molecule has 0 aliphatic rings. The first-order valence-electron chi connectivity index (χ1n) is 5.74. The molecule has 0 spiro atoms. The minimum Gasteiger partial charge on any atom is -0.324 e. The summed E-state index contributed by atoms with van der Waals surface area (Å²) in [6, 6.07) is 5.49. The van der Waals surface area contributed by atoms with Crippen molar-refractivity contribution < 1.29 is 0 Å². The monoisotopic (exact) mass is 283 g/mol. The molecule has 0 saturated carbocycles. The molecule has 0 radical (unpaired) electrons. The van der Waals surface area contributed by atoms with Crippen molar-refractivity contribution in [3.63, 3.8) is 0 Å². The smallest absolute Gasteiger partial charge is 0.0595 e. The Morgan fingerprint density at radius 3 is 2.72 bits per heavy atom. The first-order valence-corrected chi connectivity index (χ1v) is 6.50. The summed E-state index contributed by atoms with van der Waals surface area (Å²) in [4.78, 5) is 0. The summed E-state index contributed by atoms with van der Waals surface area (Å²) >= 11 is 11.9. The number of hydrogen-bond acceptors (Lipinski definition) is 2. The van der Waals surface area contributed by atoms with E-state index in [1.807, 2.05) is 31.6 Å². The van der Waals surface area contributed by atoms with Crippen molar-refractivity contribution in [3.05, 3.63) is 51.8 Å². The molecule has 2 aromatic rings. The lowest BCUT2D eigenvalue weighted by Crippen LogP contribution is -2.11. The van der Waals surface area contributed by atoms with Crippen LogP contribution in [0.3, 0.4) is 0 Å². The van der Waals surface area contributed by atoms with Crippen LogP contribution in [0.1, 0.15) is 23.6 Å². The van der Waals surface area contributed by atoms with Crippen molar-refractivity contribution in [2.75, 3.05) is 0 Å². The van der Waals surface area contributed by atoms with Crippen molar-refractivity contribution in [1.82, 2.24) is 9.78 Å². The molecule has 2 rings (SSSR count). The molecule has 96 valence electrons. The molecular weight excluding hydrogens is 269 g/mol. The summed E-state index contributed by atoms with van der Waals surface area (Å²) in [7, 11) is 1.91. The van der Waals surface area contributed by atoms with Gasteiger partial charge in [-0.1, -0.05) is 29.3 Å². The molecule has 0 aliphatic carbocycles. The van der Waals surface area contributed by atoms with E-state index in [-0.39, 0.29) is 6.04 Å². The standard InChI is InChI=1S/C13H15Cl2N3/c1-18-8-9(7-17-18)2-5-13(16)10-3-4-11(14)12(15)6-10/h3-4,6-8,13H,2,5,16H2,1H3. The fourth-order valence-electron chi connectivity index (χ4n) is 1.83. The van der Waals surface area contributed by atoms with Crippen LogP contribution in [0.5, 0.6) is 0 Å². The van der Waals surface area contributed by atoms with Gasteiger partial charge in [-0.25, -0.2) is 0 Å². The molecule has 18 heavy (non-hydrogen) atoms. The molecule has 0 aliphatic heterocycles. The quantitative estimate of drug-likeness (QED) is 0.935. The number of hydrogen-bond donors (Lipinski definition) is 1. The van der Waals surface area contributed by atoms with Gasteiger partial charge in [0.25, 0.3) is 0 Å². The summed E-state index contributed by atoms with van der Waals surface area (Å²) in [5, 5.41) is 5.23. The fourth-order valence-corrected chi connectivity index (χ4v) is 2.14. The number of nitrogens with zero attached hydrogens (tertiary/aromatic N) is 2. The van der Waals surface area contributed by atoms with Crippen LogP contribution in [-0.4, -0.2) is 9.78 Å². The van der Waals surface area contributed by atoms with E-state index in [1.165, 1.54) is 5.56 Å². The van der Waals surface area contributed by atoms with Gasteiger partial charge < -0.3 is 5.73 Å². The third-order valence-electron chi connectivity index (χ3n) is 2.87. The van der Waals surface area contributed by atoms with E-state index >= 15 is 0 Å². The molecule has 1 aromatic heterocycles. The van der Waals surface area contributed by atoms with Crippen molar-refractivity contribution in [3.8, 4) is 0 Å². The Morgan fingerprint density at radius 2 is 2.11 bits per heavy atom. The van der Waals surface area contributed by atoms with Crippen molar-refractivity contribution in [2.24, 2.45) is 12.8 Å². The molecule has 1 atom stereocenters. The Morgan fingerprint density at radius 1 is 1.33 bits per heavy atom. The lowest BCUT2D eigenvalue weighted by Gasteiger charge is -2.12. The minimum absolute atomic E-state index is 0.0417. The Kier molecular flexibility index (Phi) is 4.27. The van der Waals surface area contributed by atoms with Crippen molar-refractivity contribution in [2.45, 2.75) is 18.9 Å². The Bertz CT molecular complexity index is 537. The van der Waals surface area contributed by atoms with Crippen LogP contribution >= 0.6 is 23.2 Å². The van der Waals surface area contributed by atoms with Gasteiger partial charge in [0.05, 0.1) is 16.2 Å². The van der Waals surface area contributed by atoms with Gasteiger partial charge in [0.1, 0.15) is 0 Å². The summed E-state index contributed by atoms with van der Waals surface area (Å²) in [5.41, 5.74) is 8.34. The number of rotatable bonds is 4. The molecule has 5 heteroatoms. The van der Waals surface area contributed by atoms with Crippen LogP contribution in [0, 0.1) is 0 Å². The van der Waals surface area contributed by atoms with Crippen LogP contribution < -0.4 is 5.73 Å². The molecule has 2 N–H and O–H groups in total. The van der Waals surface area contributed by atoms with E-state index in [2.05, 4.69) is 5.10 Å². The molecule has 0 bridgehead atoms. The zero-order valence-electron chi connectivity index (χ0n) is 10.1. The van der Waals surface area contributed by atoms with Gasteiger partial charge in [-0.05, 0) is 36.1 Å². The summed E-state index contributed by atoms with van der Waals surface area (Å²) in [5.74, 6) is 0. The molecule has 0 fully saturated rings. The molecule has 1 unspecified atom stereocenters. The second-order valence-corrected chi connectivity index (χ2v) is 5.16. The molecule has 1 aromatic carbocycles. The number of aryl methyl sites for hydroxylation is 2. The maximum atomic E-state index is 6.14. The molecule has 0 saturated heterocycles. The second-order valence-electron chi connectivity index (χ2n) is 4.34. The zero-order valence-corrected chi connectivity index (χ0v) is 11.6. The second kappa shape index (κ2) is 5.74. The van der Waals surface area contributed by atoms with E-state index < -0.39 is 0 Å². The predicted octanol–water partition coefficient (Wildman–Crippen LogP) is 3.36. The topological polar surface area (TPSA) is 43.8 Å². The van der Waals surface area contributed by atoms with E-state index in [0.717, 1.165) is 18.4 Å². The highest BCUT2D eigenvalue weighted by Gasteiger charge is 2.09. The van der Waals surface area contributed by atoms with Gasteiger partial charge in [-0.15, -0.1) is 0 Å². The normalized spacial score (nSPS) is 12.7. The van der Waals surface area contributed by atoms with Crippen LogP contribution in [0.25, 0.3) is 0 Å². The van der Waals surface area contributed by atoms with Gasteiger partial charge in [0, 0.05) is 19.3 Å². The highest BCUT2D eigenvalue weighted by atomic mass is 35.5. The molecule has 0 amide bonds. The molecule has 1 heterocycles. The fraction of sp³-hybridized carbons (Fsp3) is 0.308. The molecular formula is C13H15Cl2N3. The Hall–Kier alpha value is -1.03. The lowest BCUT2D eigenvalue weighted by atomic mass is 10.0. The summed E-state index contributed by atoms with van der Waals surface area (Å²) in [6.07, 6.45) is 5.61. The largest absolute Gasteiger partial charge is 0.324 e. The van der Waals surface area contributed by atoms with Gasteiger partial charge in [-0.2, -0.15) is 5.10 Å². The first kappa shape index (κ1) is 13.4. The van der Waals surface area contributed by atoms with Gasteiger partial charge in [-0.3, -0.25) is 4.68 Å². The number of halogens is 2. The number of benzene rings is 1. The van der Waals surface area contributed by atoms with Crippen molar-refractivity contribution >= 4 is 23.2 Å². The summed E-state index contributed by atoms with van der Waals surface area (Å²) in [6.45, 7) is 0. The SMILES string of the molecule is Cn1cc(CCC(N)c2ccc(Cl)c(Cl)c2)cn1. The van der Waals surface area contributed by atoms with Gasteiger partial charge in [0.2, 0.25) is 0 Å². The molecule has 3 nitrogen and oxygen atoms in total. The maximum absolute atomic E-state index is 6.14. The predicted molar refractivity (Wildman–Crippen MR) is 74.9 cm³/mol. The highest BCUT2D eigenvalue weighted by molar-refractivity contribution is 6.42. The van der Waals surface area contributed by atoms with Crippen LogP contribution in [-0.2, 0) is 13.5 Å². The average molecular weight is 284 g/mol. The van der Waals surface area contributed by atoms with Crippen LogP contribution in [0.2, 0.25) is 10.0 Å². The average Bonchev–Trinajstić information content (AvgIpc) is 2.75. The number of nitrogens with two attached hydrogens (primary N) is 1.